The van der Waals surface area contributed by atoms with Crippen molar-refractivity contribution in [1.82, 2.24) is 5.32 Å². The van der Waals surface area contributed by atoms with Crippen molar-refractivity contribution in [2.45, 2.75) is 76.8 Å². The number of hydrogen-bond acceptors (Lipinski definition) is 1. The van der Waals surface area contributed by atoms with Gasteiger partial charge in [0.1, 0.15) is 0 Å². The highest BCUT2D eigenvalue weighted by molar-refractivity contribution is 4.90. The first-order valence-corrected chi connectivity index (χ1v) is 7.57. The van der Waals surface area contributed by atoms with Crippen LogP contribution in [0, 0.1) is 17.8 Å². The van der Waals surface area contributed by atoms with Crippen molar-refractivity contribution in [3.05, 3.63) is 0 Å². The minimum Gasteiger partial charge on any atom is -0.311 e. The SMILES string of the molecule is CC1CC(NC2CCC3CCCCC3C2)C1. The molecular formula is C15H27N. The Morgan fingerprint density at radius 3 is 2.25 bits per heavy atom. The minimum atomic E-state index is 0.872. The fourth-order valence-corrected chi connectivity index (χ4v) is 4.40. The number of nitrogens with one attached hydrogen (secondary N) is 1. The van der Waals surface area contributed by atoms with Gasteiger partial charge in [-0.3, -0.25) is 0 Å². The van der Waals surface area contributed by atoms with Crippen molar-refractivity contribution in [3.63, 3.8) is 0 Å². The summed E-state index contributed by atoms with van der Waals surface area (Å²) >= 11 is 0. The van der Waals surface area contributed by atoms with Crippen molar-refractivity contribution in [1.29, 1.82) is 0 Å². The van der Waals surface area contributed by atoms with Crippen molar-refractivity contribution < 1.29 is 0 Å². The molecule has 0 spiro atoms. The zero-order valence-electron chi connectivity index (χ0n) is 10.8. The Labute approximate surface area is 100 Å². The van der Waals surface area contributed by atoms with Crippen LogP contribution in [0.5, 0.6) is 0 Å². The lowest BCUT2D eigenvalue weighted by atomic mass is 9.69. The molecule has 0 amide bonds. The summed E-state index contributed by atoms with van der Waals surface area (Å²) in [6.07, 6.45) is 13.4. The summed E-state index contributed by atoms with van der Waals surface area (Å²) < 4.78 is 0. The lowest BCUT2D eigenvalue weighted by Gasteiger charge is -2.43. The normalized spacial score (nSPS) is 48.2. The maximum Gasteiger partial charge on any atom is 0.00747 e. The van der Waals surface area contributed by atoms with Crippen LogP contribution in [0.3, 0.4) is 0 Å². The lowest BCUT2D eigenvalue weighted by Crippen LogP contribution is -2.48. The van der Waals surface area contributed by atoms with E-state index in [0.29, 0.717) is 0 Å². The van der Waals surface area contributed by atoms with Gasteiger partial charge in [-0.2, -0.15) is 0 Å². The van der Waals surface area contributed by atoms with Gasteiger partial charge in [0.2, 0.25) is 0 Å². The van der Waals surface area contributed by atoms with Crippen LogP contribution in [0.15, 0.2) is 0 Å². The lowest BCUT2D eigenvalue weighted by molar-refractivity contribution is 0.121. The van der Waals surface area contributed by atoms with Gasteiger partial charge in [-0.15, -0.1) is 0 Å². The van der Waals surface area contributed by atoms with Crippen molar-refractivity contribution in [3.8, 4) is 0 Å². The van der Waals surface area contributed by atoms with Crippen LogP contribution in [0.4, 0.5) is 0 Å². The fraction of sp³-hybridized carbons (Fsp3) is 1.00. The maximum absolute atomic E-state index is 3.92. The highest BCUT2D eigenvalue weighted by atomic mass is 15.0. The summed E-state index contributed by atoms with van der Waals surface area (Å²) in [5.41, 5.74) is 0. The van der Waals surface area contributed by atoms with E-state index in [0.717, 1.165) is 29.8 Å². The monoisotopic (exact) mass is 221 g/mol. The molecule has 3 saturated carbocycles. The van der Waals surface area contributed by atoms with Gasteiger partial charge in [-0.25, -0.2) is 0 Å². The molecule has 3 aliphatic rings. The molecule has 0 heterocycles. The van der Waals surface area contributed by atoms with Gasteiger partial charge in [-0.1, -0.05) is 32.6 Å². The second kappa shape index (κ2) is 4.68. The highest BCUT2D eigenvalue weighted by Crippen LogP contribution is 2.41. The molecule has 3 rings (SSSR count). The summed E-state index contributed by atoms with van der Waals surface area (Å²) in [5, 5.41) is 3.92. The largest absolute Gasteiger partial charge is 0.311 e. The van der Waals surface area contributed by atoms with Gasteiger partial charge in [0.25, 0.3) is 0 Å². The van der Waals surface area contributed by atoms with E-state index in [4.69, 9.17) is 0 Å². The van der Waals surface area contributed by atoms with Crippen LogP contribution in [-0.4, -0.2) is 12.1 Å². The van der Waals surface area contributed by atoms with Gasteiger partial charge in [0.15, 0.2) is 0 Å². The zero-order chi connectivity index (χ0) is 11.0. The third-order valence-electron chi connectivity index (χ3n) is 5.38. The average Bonchev–Trinajstić information content (AvgIpc) is 2.27. The molecule has 0 aromatic carbocycles. The summed E-state index contributed by atoms with van der Waals surface area (Å²) in [5.74, 6) is 3.17. The fourth-order valence-electron chi connectivity index (χ4n) is 4.40. The summed E-state index contributed by atoms with van der Waals surface area (Å²) in [6, 6.07) is 1.75. The van der Waals surface area contributed by atoms with Crippen molar-refractivity contribution in [2.24, 2.45) is 17.8 Å². The van der Waals surface area contributed by atoms with E-state index in [-0.39, 0.29) is 0 Å². The second-order valence-corrected chi connectivity index (χ2v) is 6.75. The van der Waals surface area contributed by atoms with Crippen molar-refractivity contribution in [2.75, 3.05) is 0 Å². The maximum atomic E-state index is 3.92. The molecule has 1 nitrogen and oxygen atoms in total. The van der Waals surface area contributed by atoms with Crippen molar-refractivity contribution >= 4 is 0 Å². The van der Waals surface area contributed by atoms with E-state index < -0.39 is 0 Å². The Morgan fingerprint density at radius 1 is 0.750 bits per heavy atom. The number of rotatable bonds is 2. The van der Waals surface area contributed by atoms with E-state index in [9.17, 15) is 0 Å². The molecule has 1 heteroatoms. The molecule has 0 bridgehead atoms. The van der Waals surface area contributed by atoms with Gasteiger partial charge >= 0.3 is 0 Å². The molecule has 0 aromatic rings. The van der Waals surface area contributed by atoms with Crippen LogP contribution in [0.1, 0.15) is 64.7 Å². The Balaban J connectivity index is 1.47. The Hall–Kier alpha value is -0.0400. The third kappa shape index (κ3) is 2.30. The summed E-state index contributed by atoms with van der Waals surface area (Å²) in [4.78, 5) is 0. The molecule has 0 radical (unpaired) electrons. The molecule has 0 saturated heterocycles. The van der Waals surface area contributed by atoms with E-state index in [1.165, 1.54) is 57.8 Å². The predicted molar refractivity (Wildman–Crippen MR) is 68.4 cm³/mol. The van der Waals surface area contributed by atoms with Gasteiger partial charge in [0, 0.05) is 12.1 Å². The Morgan fingerprint density at radius 2 is 1.50 bits per heavy atom. The standard InChI is InChI=1S/C15H27N/c1-11-8-15(9-11)16-14-7-6-12-4-2-3-5-13(12)10-14/h11-16H,2-10H2,1H3. The molecule has 3 atom stereocenters. The molecular weight excluding hydrogens is 194 g/mol. The van der Waals surface area contributed by atoms with E-state index >= 15 is 0 Å². The molecule has 92 valence electrons. The van der Waals surface area contributed by atoms with Crippen LogP contribution in [0.2, 0.25) is 0 Å². The first-order valence-electron chi connectivity index (χ1n) is 7.57. The zero-order valence-corrected chi connectivity index (χ0v) is 10.8. The molecule has 0 aromatic heterocycles. The molecule has 3 aliphatic carbocycles. The summed E-state index contributed by atoms with van der Waals surface area (Å²) in [6.45, 7) is 2.39. The Kier molecular flexibility index (Phi) is 3.24. The van der Waals surface area contributed by atoms with Gasteiger partial charge in [0.05, 0.1) is 0 Å². The van der Waals surface area contributed by atoms with E-state index in [2.05, 4.69) is 12.2 Å². The van der Waals surface area contributed by atoms with Crippen LogP contribution in [0.25, 0.3) is 0 Å². The first kappa shape index (κ1) is 11.1. The Bertz CT molecular complexity index is 232. The first-order chi connectivity index (χ1) is 7.81. The molecule has 1 N–H and O–H groups in total. The third-order valence-corrected chi connectivity index (χ3v) is 5.38. The van der Waals surface area contributed by atoms with E-state index in [1.54, 1.807) is 0 Å². The smallest absolute Gasteiger partial charge is 0.00747 e. The highest BCUT2D eigenvalue weighted by Gasteiger charge is 2.34. The predicted octanol–water partition coefficient (Wildman–Crippen LogP) is 3.73. The van der Waals surface area contributed by atoms with Crippen LogP contribution >= 0.6 is 0 Å². The quantitative estimate of drug-likeness (QED) is 0.749. The number of hydrogen-bond donors (Lipinski definition) is 1. The van der Waals surface area contributed by atoms with Crippen LogP contribution in [-0.2, 0) is 0 Å². The second-order valence-electron chi connectivity index (χ2n) is 6.75. The number of fused-ring (bicyclic) bond motifs is 1. The molecule has 3 unspecified atom stereocenters. The van der Waals surface area contributed by atoms with Gasteiger partial charge < -0.3 is 5.32 Å². The summed E-state index contributed by atoms with van der Waals surface area (Å²) in [7, 11) is 0. The average molecular weight is 221 g/mol. The van der Waals surface area contributed by atoms with Gasteiger partial charge in [-0.05, 0) is 49.9 Å². The van der Waals surface area contributed by atoms with E-state index in [1.807, 2.05) is 0 Å². The minimum absolute atomic E-state index is 0.872. The molecule has 0 aliphatic heterocycles. The van der Waals surface area contributed by atoms with Crippen LogP contribution < -0.4 is 5.32 Å². The topological polar surface area (TPSA) is 12.0 Å². The molecule has 16 heavy (non-hydrogen) atoms. The molecule has 3 fully saturated rings.